The summed E-state index contributed by atoms with van der Waals surface area (Å²) in [7, 11) is 1.91. The van der Waals surface area contributed by atoms with Gasteiger partial charge in [0.05, 0.1) is 0 Å². The lowest BCUT2D eigenvalue weighted by Gasteiger charge is -2.09. The fourth-order valence-electron chi connectivity index (χ4n) is 1.07. The highest BCUT2D eigenvalue weighted by Crippen LogP contribution is 2.10. The molecule has 0 fully saturated rings. The topological polar surface area (TPSA) is 30.7 Å². The van der Waals surface area contributed by atoms with Gasteiger partial charge in [0.15, 0.2) is 0 Å². The molecule has 1 rings (SSSR count). The highest BCUT2D eigenvalue weighted by molar-refractivity contribution is 6.18. The van der Waals surface area contributed by atoms with Gasteiger partial charge in [-0.1, -0.05) is 13.3 Å². The maximum Gasteiger partial charge on any atom is 0.138 e. The number of halogens is 1. The van der Waals surface area contributed by atoms with E-state index in [9.17, 15) is 0 Å². The Morgan fingerprint density at radius 1 is 1.67 bits per heavy atom. The second-order valence-electron chi connectivity index (χ2n) is 2.93. The van der Waals surface area contributed by atoms with Gasteiger partial charge in [-0.25, -0.2) is 4.98 Å². The molecule has 1 unspecified atom stereocenters. The molecule has 0 spiro atoms. The van der Waals surface area contributed by atoms with Gasteiger partial charge in [-0.3, -0.25) is 4.68 Å². The maximum atomic E-state index is 5.78. The van der Waals surface area contributed by atoms with E-state index in [4.69, 9.17) is 11.6 Å². The Bertz CT molecular complexity index is 230. The number of alkyl halides is 1. The van der Waals surface area contributed by atoms with E-state index >= 15 is 0 Å². The Morgan fingerprint density at radius 3 is 2.83 bits per heavy atom. The predicted octanol–water partition coefficient (Wildman–Crippen LogP) is 1.62. The van der Waals surface area contributed by atoms with Crippen molar-refractivity contribution in [1.29, 1.82) is 0 Å². The minimum absolute atomic E-state index is 0.523. The first-order valence-corrected chi connectivity index (χ1v) is 4.70. The standard InChI is InChI=1S/C8H14ClN3/c1-3-7(5-9)4-8-10-6-11-12(8)2/h6-7H,3-5H2,1-2H3. The van der Waals surface area contributed by atoms with Gasteiger partial charge in [0.25, 0.3) is 0 Å². The van der Waals surface area contributed by atoms with E-state index in [2.05, 4.69) is 17.0 Å². The van der Waals surface area contributed by atoms with E-state index in [0.29, 0.717) is 11.8 Å². The summed E-state index contributed by atoms with van der Waals surface area (Å²) >= 11 is 5.78. The van der Waals surface area contributed by atoms with E-state index in [1.165, 1.54) is 0 Å². The molecular weight excluding hydrogens is 174 g/mol. The summed E-state index contributed by atoms with van der Waals surface area (Å²) in [6.45, 7) is 2.14. The van der Waals surface area contributed by atoms with Crippen molar-refractivity contribution in [2.24, 2.45) is 13.0 Å². The van der Waals surface area contributed by atoms with Gasteiger partial charge in [0.1, 0.15) is 12.2 Å². The second kappa shape index (κ2) is 4.45. The van der Waals surface area contributed by atoms with Gasteiger partial charge in [0.2, 0.25) is 0 Å². The van der Waals surface area contributed by atoms with E-state index in [-0.39, 0.29) is 0 Å². The number of hydrogen-bond donors (Lipinski definition) is 0. The molecule has 0 aromatic carbocycles. The van der Waals surface area contributed by atoms with Crippen LogP contribution in [0.4, 0.5) is 0 Å². The summed E-state index contributed by atoms with van der Waals surface area (Å²) in [5.41, 5.74) is 0. The van der Waals surface area contributed by atoms with Crippen molar-refractivity contribution in [3.05, 3.63) is 12.2 Å². The largest absolute Gasteiger partial charge is 0.253 e. The van der Waals surface area contributed by atoms with Crippen LogP contribution in [-0.4, -0.2) is 20.6 Å². The first kappa shape index (κ1) is 9.52. The number of aromatic nitrogens is 3. The lowest BCUT2D eigenvalue weighted by Crippen LogP contribution is -2.09. The molecule has 3 nitrogen and oxygen atoms in total. The van der Waals surface area contributed by atoms with Gasteiger partial charge in [0, 0.05) is 19.3 Å². The number of hydrogen-bond acceptors (Lipinski definition) is 2. The van der Waals surface area contributed by atoms with Gasteiger partial charge in [-0.15, -0.1) is 11.6 Å². The zero-order chi connectivity index (χ0) is 8.97. The van der Waals surface area contributed by atoms with Gasteiger partial charge in [-0.2, -0.15) is 5.10 Å². The van der Waals surface area contributed by atoms with E-state index < -0.39 is 0 Å². The zero-order valence-corrected chi connectivity index (χ0v) is 8.25. The summed E-state index contributed by atoms with van der Waals surface area (Å²) in [5, 5.41) is 4.00. The fourth-order valence-corrected chi connectivity index (χ4v) is 1.40. The van der Waals surface area contributed by atoms with Crippen molar-refractivity contribution in [2.45, 2.75) is 19.8 Å². The van der Waals surface area contributed by atoms with Crippen molar-refractivity contribution in [1.82, 2.24) is 14.8 Å². The average molecular weight is 188 g/mol. The molecule has 0 aliphatic carbocycles. The van der Waals surface area contributed by atoms with Crippen molar-refractivity contribution >= 4 is 11.6 Å². The highest BCUT2D eigenvalue weighted by atomic mass is 35.5. The van der Waals surface area contributed by atoms with Crippen LogP contribution in [0, 0.1) is 5.92 Å². The van der Waals surface area contributed by atoms with Crippen molar-refractivity contribution in [3.8, 4) is 0 Å². The first-order chi connectivity index (χ1) is 5.77. The van der Waals surface area contributed by atoms with Crippen LogP contribution >= 0.6 is 11.6 Å². The third-order valence-electron chi connectivity index (χ3n) is 2.07. The molecule has 68 valence electrons. The molecule has 0 saturated carbocycles. The van der Waals surface area contributed by atoms with Crippen molar-refractivity contribution in [2.75, 3.05) is 5.88 Å². The van der Waals surface area contributed by atoms with Crippen molar-refractivity contribution < 1.29 is 0 Å². The smallest absolute Gasteiger partial charge is 0.138 e. The predicted molar refractivity (Wildman–Crippen MR) is 49.2 cm³/mol. The van der Waals surface area contributed by atoms with Crippen LogP contribution in [-0.2, 0) is 13.5 Å². The average Bonchev–Trinajstić information content (AvgIpc) is 2.47. The molecule has 1 atom stereocenters. The highest BCUT2D eigenvalue weighted by Gasteiger charge is 2.09. The van der Waals surface area contributed by atoms with E-state index in [1.807, 2.05) is 7.05 Å². The monoisotopic (exact) mass is 187 g/mol. The third kappa shape index (κ3) is 2.21. The Morgan fingerprint density at radius 2 is 2.42 bits per heavy atom. The number of rotatable bonds is 4. The van der Waals surface area contributed by atoms with Crippen molar-refractivity contribution in [3.63, 3.8) is 0 Å². The van der Waals surface area contributed by atoms with Crippen LogP contribution in [0.1, 0.15) is 19.2 Å². The molecule has 0 amide bonds. The van der Waals surface area contributed by atoms with Crippen LogP contribution in [0.2, 0.25) is 0 Å². The summed E-state index contributed by atoms with van der Waals surface area (Å²) in [6.07, 6.45) is 3.60. The second-order valence-corrected chi connectivity index (χ2v) is 3.24. The van der Waals surface area contributed by atoms with Crippen LogP contribution in [0.5, 0.6) is 0 Å². The molecule has 0 N–H and O–H groups in total. The Labute approximate surface area is 77.8 Å². The Kier molecular flexibility index (Phi) is 3.53. The molecule has 1 aromatic heterocycles. The molecule has 1 aromatic rings. The lowest BCUT2D eigenvalue weighted by molar-refractivity contribution is 0.530. The van der Waals surface area contributed by atoms with Crippen LogP contribution in [0.25, 0.3) is 0 Å². The normalized spacial score (nSPS) is 13.2. The lowest BCUT2D eigenvalue weighted by atomic mass is 10.1. The molecule has 0 saturated heterocycles. The van der Waals surface area contributed by atoms with Crippen LogP contribution in [0.15, 0.2) is 6.33 Å². The molecule has 0 aliphatic heterocycles. The zero-order valence-electron chi connectivity index (χ0n) is 7.50. The minimum Gasteiger partial charge on any atom is -0.253 e. The summed E-state index contributed by atoms with van der Waals surface area (Å²) in [6, 6.07) is 0. The molecule has 0 bridgehead atoms. The molecule has 1 heterocycles. The van der Waals surface area contributed by atoms with Gasteiger partial charge < -0.3 is 0 Å². The molecular formula is C8H14ClN3. The summed E-state index contributed by atoms with van der Waals surface area (Å²) in [4.78, 5) is 4.14. The van der Waals surface area contributed by atoms with E-state index in [0.717, 1.165) is 18.7 Å². The van der Waals surface area contributed by atoms with Crippen LogP contribution in [0.3, 0.4) is 0 Å². The Hall–Kier alpha value is -0.570. The maximum absolute atomic E-state index is 5.78. The fraction of sp³-hybridized carbons (Fsp3) is 0.750. The summed E-state index contributed by atoms with van der Waals surface area (Å²) in [5.74, 6) is 2.24. The number of nitrogens with zero attached hydrogens (tertiary/aromatic N) is 3. The quantitative estimate of drug-likeness (QED) is 0.671. The first-order valence-electron chi connectivity index (χ1n) is 4.16. The molecule has 0 aliphatic rings. The van der Waals surface area contributed by atoms with Gasteiger partial charge in [-0.05, 0) is 5.92 Å². The molecule has 4 heteroatoms. The molecule has 12 heavy (non-hydrogen) atoms. The summed E-state index contributed by atoms with van der Waals surface area (Å²) < 4.78 is 1.80. The SMILES string of the molecule is CCC(CCl)Cc1ncnn1C. The van der Waals surface area contributed by atoms with Gasteiger partial charge >= 0.3 is 0 Å². The number of aryl methyl sites for hydroxylation is 1. The van der Waals surface area contributed by atoms with Crippen LogP contribution < -0.4 is 0 Å². The third-order valence-corrected chi connectivity index (χ3v) is 2.51. The van der Waals surface area contributed by atoms with E-state index in [1.54, 1.807) is 11.0 Å². The molecule has 0 radical (unpaired) electrons. The minimum atomic E-state index is 0.523. The Balaban J connectivity index is 2.56.